The molecule has 0 radical (unpaired) electrons. The number of carbonyl (C=O) groups excluding carboxylic acids is 2. The van der Waals surface area contributed by atoms with Gasteiger partial charge in [0.25, 0.3) is 5.91 Å². The van der Waals surface area contributed by atoms with Gasteiger partial charge in [-0.2, -0.15) is 0 Å². The molecule has 0 bridgehead atoms. The van der Waals surface area contributed by atoms with Crippen LogP contribution < -0.4 is 5.32 Å². The van der Waals surface area contributed by atoms with Crippen molar-refractivity contribution in [3.8, 4) is 0 Å². The van der Waals surface area contributed by atoms with Crippen LogP contribution in [-0.2, 0) is 14.3 Å². The van der Waals surface area contributed by atoms with Gasteiger partial charge in [-0.15, -0.1) is 0 Å². The van der Waals surface area contributed by atoms with Crippen molar-refractivity contribution in [3.63, 3.8) is 0 Å². The number of carboxylic acids is 1. The Labute approximate surface area is 102 Å². The minimum absolute atomic E-state index is 0.0522. The van der Waals surface area contributed by atoms with E-state index in [4.69, 9.17) is 5.11 Å². The van der Waals surface area contributed by atoms with Gasteiger partial charge in [0, 0.05) is 6.07 Å². The van der Waals surface area contributed by atoms with Gasteiger partial charge in [0.05, 0.1) is 13.5 Å². The molecule has 1 amide bonds. The van der Waals surface area contributed by atoms with Crippen molar-refractivity contribution >= 4 is 17.8 Å². The van der Waals surface area contributed by atoms with Crippen molar-refractivity contribution in [3.05, 3.63) is 17.5 Å². The Morgan fingerprint density at radius 3 is 2.67 bits per heavy atom. The maximum atomic E-state index is 11.6. The molecule has 1 aromatic rings. The minimum atomic E-state index is -1.37. The predicted octanol–water partition coefficient (Wildman–Crippen LogP) is -0.271. The first-order valence-corrected chi connectivity index (χ1v) is 4.98. The van der Waals surface area contributed by atoms with E-state index < -0.39 is 30.3 Å². The molecule has 0 fully saturated rings. The summed E-state index contributed by atoms with van der Waals surface area (Å²) in [5.74, 6) is -2.39. The van der Waals surface area contributed by atoms with Crippen LogP contribution in [0.2, 0.25) is 0 Å². The zero-order chi connectivity index (χ0) is 13.7. The molecule has 0 spiro atoms. The van der Waals surface area contributed by atoms with Gasteiger partial charge in [0.1, 0.15) is 11.8 Å². The van der Waals surface area contributed by atoms with E-state index in [1.807, 2.05) is 0 Å². The SMILES string of the molecule is COC(=O)C[C@H](NC(=O)c1cc(C)on1)C(=O)O. The van der Waals surface area contributed by atoms with Gasteiger partial charge < -0.3 is 19.7 Å². The second kappa shape index (κ2) is 5.80. The van der Waals surface area contributed by atoms with Crippen molar-refractivity contribution in [1.29, 1.82) is 0 Å². The second-order valence-electron chi connectivity index (χ2n) is 3.47. The van der Waals surface area contributed by atoms with Crippen molar-refractivity contribution < 1.29 is 28.8 Å². The fourth-order valence-electron chi connectivity index (χ4n) is 1.16. The fraction of sp³-hybridized carbons (Fsp3) is 0.400. The predicted molar refractivity (Wildman–Crippen MR) is 56.8 cm³/mol. The Bertz CT molecular complexity index is 467. The fourth-order valence-corrected chi connectivity index (χ4v) is 1.16. The molecule has 2 N–H and O–H groups in total. The molecule has 1 atom stereocenters. The van der Waals surface area contributed by atoms with Crippen LogP contribution in [0.25, 0.3) is 0 Å². The van der Waals surface area contributed by atoms with E-state index >= 15 is 0 Å². The van der Waals surface area contributed by atoms with E-state index in [1.165, 1.54) is 6.07 Å². The Kier molecular flexibility index (Phi) is 4.41. The third-order valence-corrected chi connectivity index (χ3v) is 2.06. The number of hydrogen-bond acceptors (Lipinski definition) is 6. The molecule has 0 aliphatic heterocycles. The van der Waals surface area contributed by atoms with Crippen molar-refractivity contribution in [1.82, 2.24) is 10.5 Å². The molecule has 0 unspecified atom stereocenters. The molecule has 8 nitrogen and oxygen atoms in total. The van der Waals surface area contributed by atoms with E-state index in [0.29, 0.717) is 5.76 Å². The highest BCUT2D eigenvalue weighted by Gasteiger charge is 2.25. The van der Waals surface area contributed by atoms with Crippen LogP contribution >= 0.6 is 0 Å². The number of rotatable bonds is 5. The first-order valence-electron chi connectivity index (χ1n) is 4.98. The first-order chi connectivity index (χ1) is 8.43. The number of methoxy groups -OCH3 is 1. The number of carbonyl (C=O) groups is 3. The van der Waals surface area contributed by atoms with Gasteiger partial charge in [-0.05, 0) is 6.92 Å². The third kappa shape index (κ3) is 3.58. The Balaban J connectivity index is 2.69. The standard InChI is InChI=1S/C10H12N2O6/c1-5-3-6(12-18-5)9(14)11-7(10(15)16)4-8(13)17-2/h3,7H,4H2,1-2H3,(H,11,14)(H,15,16)/t7-/m0/s1. The highest BCUT2D eigenvalue weighted by atomic mass is 16.5. The lowest BCUT2D eigenvalue weighted by atomic mass is 10.2. The van der Waals surface area contributed by atoms with Gasteiger partial charge in [0.2, 0.25) is 0 Å². The molecule has 1 aromatic heterocycles. The molecule has 0 aliphatic carbocycles. The van der Waals surface area contributed by atoms with Gasteiger partial charge in [0.15, 0.2) is 5.69 Å². The van der Waals surface area contributed by atoms with Crippen LogP contribution in [-0.4, -0.2) is 41.3 Å². The number of carboxylic acid groups (broad SMARTS) is 1. The monoisotopic (exact) mass is 256 g/mol. The van der Waals surface area contributed by atoms with Gasteiger partial charge in [-0.1, -0.05) is 5.16 Å². The number of aryl methyl sites for hydroxylation is 1. The molecule has 8 heteroatoms. The molecule has 98 valence electrons. The lowest BCUT2D eigenvalue weighted by Gasteiger charge is -2.11. The molecule has 18 heavy (non-hydrogen) atoms. The average molecular weight is 256 g/mol. The van der Waals surface area contributed by atoms with E-state index in [9.17, 15) is 14.4 Å². The number of aliphatic carboxylic acids is 1. The molecule has 0 aromatic carbocycles. The second-order valence-corrected chi connectivity index (χ2v) is 3.47. The van der Waals surface area contributed by atoms with E-state index in [0.717, 1.165) is 7.11 Å². The van der Waals surface area contributed by atoms with Crippen LogP contribution in [0.3, 0.4) is 0 Å². The highest BCUT2D eigenvalue weighted by Crippen LogP contribution is 2.03. The van der Waals surface area contributed by atoms with Crippen molar-refractivity contribution in [2.75, 3.05) is 7.11 Å². The molecule has 1 rings (SSSR count). The summed E-state index contributed by atoms with van der Waals surface area (Å²) in [6.07, 6.45) is -0.464. The largest absolute Gasteiger partial charge is 0.480 e. The lowest BCUT2D eigenvalue weighted by Crippen LogP contribution is -2.42. The normalized spacial score (nSPS) is 11.7. The number of amides is 1. The van der Waals surface area contributed by atoms with E-state index in [1.54, 1.807) is 6.92 Å². The minimum Gasteiger partial charge on any atom is -0.480 e. The molecule has 0 saturated heterocycles. The number of hydrogen-bond donors (Lipinski definition) is 2. The van der Waals surface area contributed by atoms with Crippen LogP contribution in [0, 0.1) is 6.92 Å². The summed E-state index contributed by atoms with van der Waals surface area (Å²) in [4.78, 5) is 33.4. The number of aromatic nitrogens is 1. The smallest absolute Gasteiger partial charge is 0.326 e. The molecule has 0 aliphatic rings. The summed E-state index contributed by atoms with van der Waals surface area (Å²) in [7, 11) is 1.13. The summed E-state index contributed by atoms with van der Waals surface area (Å²) in [6, 6.07) is -0.0196. The van der Waals surface area contributed by atoms with Crippen molar-refractivity contribution in [2.24, 2.45) is 0 Å². The summed E-state index contributed by atoms with van der Waals surface area (Å²) in [5, 5.41) is 14.4. The molecular weight excluding hydrogens is 244 g/mol. The summed E-state index contributed by atoms with van der Waals surface area (Å²) >= 11 is 0. The van der Waals surface area contributed by atoms with E-state index in [2.05, 4.69) is 19.7 Å². The summed E-state index contributed by atoms with van der Waals surface area (Å²) in [6.45, 7) is 1.59. The number of ether oxygens (including phenoxy) is 1. The van der Waals surface area contributed by atoms with E-state index in [-0.39, 0.29) is 5.69 Å². The Hall–Kier alpha value is -2.38. The van der Waals surface area contributed by atoms with Crippen LogP contribution in [0.15, 0.2) is 10.6 Å². The van der Waals surface area contributed by atoms with Crippen LogP contribution in [0.4, 0.5) is 0 Å². The van der Waals surface area contributed by atoms with Crippen LogP contribution in [0.5, 0.6) is 0 Å². The first kappa shape index (κ1) is 13.7. The van der Waals surface area contributed by atoms with Crippen LogP contribution in [0.1, 0.15) is 22.7 Å². The maximum absolute atomic E-state index is 11.6. The topological polar surface area (TPSA) is 119 Å². The highest BCUT2D eigenvalue weighted by molar-refractivity contribution is 5.95. The third-order valence-electron chi connectivity index (χ3n) is 2.06. The lowest BCUT2D eigenvalue weighted by molar-refractivity contribution is -0.147. The summed E-state index contributed by atoms with van der Waals surface area (Å²) in [5.41, 5.74) is -0.0522. The van der Waals surface area contributed by atoms with Gasteiger partial charge >= 0.3 is 11.9 Å². The quantitative estimate of drug-likeness (QED) is 0.696. The Morgan fingerprint density at radius 2 is 2.22 bits per heavy atom. The van der Waals surface area contributed by atoms with Crippen molar-refractivity contribution in [2.45, 2.75) is 19.4 Å². The van der Waals surface area contributed by atoms with Gasteiger partial charge in [-0.25, -0.2) is 4.79 Å². The summed E-state index contributed by atoms with van der Waals surface area (Å²) < 4.78 is 9.01. The zero-order valence-corrected chi connectivity index (χ0v) is 9.80. The molecule has 0 saturated carbocycles. The maximum Gasteiger partial charge on any atom is 0.326 e. The number of nitrogens with one attached hydrogen (secondary N) is 1. The average Bonchev–Trinajstić information content (AvgIpc) is 2.74. The molecular formula is C10H12N2O6. The number of nitrogens with zero attached hydrogens (tertiary/aromatic N) is 1. The Morgan fingerprint density at radius 1 is 1.56 bits per heavy atom. The molecule has 1 heterocycles. The van der Waals surface area contributed by atoms with Gasteiger partial charge in [-0.3, -0.25) is 9.59 Å². The zero-order valence-electron chi connectivity index (χ0n) is 9.80. The number of esters is 1.